The lowest BCUT2D eigenvalue weighted by molar-refractivity contribution is -0.118. The van der Waals surface area contributed by atoms with Gasteiger partial charge in [0.1, 0.15) is 5.69 Å². The number of carbonyl (C=O) groups is 1. The molecule has 10 nitrogen and oxygen atoms in total. The second kappa shape index (κ2) is 10.0. The van der Waals surface area contributed by atoms with Crippen LogP contribution in [0.2, 0.25) is 0 Å². The normalized spacial score (nSPS) is 10.7. The molecule has 0 saturated carbocycles. The van der Waals surface area contributed by atoms with Gasteiger partial charge in [-0.05, 0) is 55.3 Å². The third-order valence-electron chi connectivity index (χ3n) is 4.11. The molecule has 0 aliphatic heterocycles. The predicted molar refractivity (Wildman–Crippen MR) is 117 cm³/mol. The molecule has 10 heteroatoms. The third kappa shape index (κ3) is 6.13. The second-order valence-electron chi connectivity index (χ2n) is 6.56. The van der Waals surface area contributed by atoms with Gasteiger partial charge in [-0.15, -0.1) is 0 Å². The summed E-state index contributed by atoms with van der Waals surface area (Å²) in [4.78, 5) is 27.1. The summed E-state index contributed by atoms with van der Waals surface area (Å²) in [5, 5.41) is 12.9. The van der Waals surface area contributed by atoms with Crippen LogP contribution in [0.15, 0.2) is 52.4 Å². The highest BCUT2D eigenvalue weighted by Crippen LogP contribution is 2.27. The Morgan fingerprint density at radius 1 is 1.19 bits per heavy atom. The highest BCUT2D eigenvalue weighted by atomic mass is 16.5. The molecule has 0 aliphatic rings. The fraction of sp³-hybridized carbons (Fsp3) is 0.190. The summed E-state index contributed by atoms with van der Waals surface area (Å²) < 4.78 is 10.9. The van der Waals surface area contributed by atoms with E-state index in [9.17, 15) is 9.59 Å². The Balaban J connectivity index is 1.60. The van der Waals surface area contributed by atoms with Gasteiger partial charge in [0.15, 0.2) is 23.9 Å². The summed E-state index contributed by atoms with van der Waals surface area (Å²) in [6.45, 7) is 3.47. The maximum atomic E-state index is 12.1. The molecule has 1 heterocycles. The Morgan fingerprint density at radius 3 is 2.81 bits per heavy atom. The van der Waals surface area contributed by atoms with Crippen molar-refractivity contribution in [1.29, 1.82) is 0 Å². The summed E-state index contributed by atoms with van der Waals surface area (Å²) in [6, 6.07) is 12.6. The summed E-state index contributed by atoms with van der Waals surface area (Å²) >= 11 is 0. The minimum atomic E-state index is -0.571. The maximum Gasteiger partial charge on any atom is 0.363 e. The first kappa shape index (κ1) is 21.5. The molecule has 3 N–H and O–H groups in total. The number of hydrazone groups is 1. The van der Waals surface area contributed by atoms with E-state index in [4.69, 9.17) is 9.47 Å². The Labute approximate surface area is 178 Å². The maximum absolute atomic E-state index is 12.1. The molecule has 0 saturated heterocycles. The molecule has 0 bridgehead atoms. The van der Waals surface area contributed by atoms with Gasteiger partial charge in [-0.2, -0.15) is 15.2 Å². The molecule has 31 heavy (non-hydrogen) atoms. The Bertz CT molecular complexity index is 1160. The van der Waals surface area contributed by atoms with Crippen LogP contribution in [0, 0.1) is 13.8 Å². The molecule has 0 atom stereocenters. The van der Waals surface area contributed by atoms with Crippen molar-refractivity contribution in [3.8, 4) is 11.5 Å². The van der Waals surface area contributed by atoms with Crippen LogP contribution in [0.25, 0.3) is 0 Å². The molecule has 3 aromatic rings. The fourth-order valence-corrected chi connectivity index (χ4v) is 2.61. The highest BCUT2D eigenvalue weighted by Gasteiger charge is 2.09. The number of hydrogen-bond acceptors (Lipinski definition) is 8. The number of anilines is 2. The number of nitrogens with zero attached hydrogens (tertiary/aromatic N) is 3. The molecule has 0 fully saturated rings. The summed E-state index contributed by atoms with van der Waals surface area (Å²) in [6.07, 6.45) is 1.53. The lowest BCUT2D eigenvalue weighted by atomic mass is 10.2. The number of H-pyrrole nitrogens is 1. The zero-order chi connectivity index (χ0) is 22.2. The summed E-state index contributed by atoms with van der Waals surface area (Å²) in [7, 11) is 1.50. The van der Waals surface area contributed by atoms with Gasteiger partial charge in [0, 0.05) is 5.69 Å². The van der Waals surface area contributed by atoms with Crippen molar-refractivity contribution in [2.24, 2.45) is 5.10 Å². The quantitative estimate of drug-likeness (QED) is 0.375. The van der Waals surface area contributed by atoms with E-state index in [2.05, 4.69) is 31.0 Å². The number of aromatic nitrogens is 3. The number of amides is 1. The van der Waals surface area contributed by atoms with Crippen LogP contribution in [0.5, 0.6) is 11.5 Å². The van der Waals surface area contributed by atoms with E-state index in [1.165, 1.54) is 13.3 Å². The highest BCUT2D eigenvalue weighted by molar-refractivity contribution is 5.92. The van der Waals surface area contributed by atoms with Gasteiger partial charge >= 0.3 is 5.69 Å². The van der Waals surface area contributed by atoms with E-state index >= 15 is 0 Å². The predicted octanol–water partition coefficient (Wildman–Crippen LogP) is 2.25. The molecule has 0 spiro atoms. The monoisotopic (exact) mass is 422 g/mol. The fourth-order valence-electron chi connectivity index (χ4n) is 2.61. The molecule has 2 aromatic carbocycles. The van der Waals surface area contributed by atoms with Crippen molar-refractivity contribution in [3.05, 3.63) is 69.8 Å². The zero-order valence-corrected chi connectivity index (χ0v) is 17.3. The van der Waals surface area contributed by atoms with Crippen molar-refractivity contribution in [2.75, 3.05) is 24.5 Å². The SMILES string of the molecule is COc1cc(C=NNc2nc(=O)[nH]nc2C)ccc1OCC(=O)Nc1cccc(C)c1. The molecule has 1 amide bonds. The van der Waals surface area contributed by atoms with Crippen molar-refractivity contribution in [1.82, 2.24) is 15.2 Å². The van der Waals surface area contributed by atoms with Gasteiger partial charge in [-0.1, -0.05) is 12.1 Å². The number of aryl methyl sites for hydroxylation is 2. The lowest BCUT2D eigenvalue weighted by Crippen LogP contribution is -2.20. The number of carbonyl (C=O) groups excluding carboxylic acids is 1. The summed E-state index contributed by atoms with van der Waals surface area (Å²) in [5.74, 6) is 0.839. The smallest absolute Gasteiger partial charge is 0.363 e. The van der Waals surface area contributed by atoms with Crippen LogP contribution in [0.3, 0.4) is 0 Å². The number of methoxy groups -OCH3 is 1. The molecule has 0 radical (unpaired) electrons. The standard InChI is InChI=1S/C21H22N6O4/c1-13-5-4-6-16(9-13)23-19(28)12-31-17-8-7-15(10-18(17)30-3)11-22-26-20-14(2)25-27-21(29)24-20/h4-11H,12H2,1-3H3,(H,23,28)(H2,24,26,27,29). The van der Waals surface area contributed by atoms with E-state index < -0.39 is 5.69 Å². The van der Waals surface area contributed by atoms with Crippen molar-refractivity contribution in [3.63, 3.8) is 0 Å². The first-order valence-electron chi connectivity index (χ1n) is 9.34. The van der Waals surface area contributed by atoms with E-state index in [-0.39, 0.29) is 18.3 Å². The van der Waals surface area contributed by atoms with E-state index in [0.29, 0.717) is 28.4 Å². The van der Waals surface area contributed by atoms with Gasteiger partial charge in [0.2, 0.25) is 0 Å². The van der Waals surface area contributed by atoms with Crippen LogP contribution in [-0.4, -0.2) is 41.0 Å². The van der Waals surface area contributed by atoms with Crippen LogP contribution >= 0.6 is 0 Å². The van der Waals surface area contributed by atoms with Gasteiger partial charge in [0.25, 0.3) is 5.91 Å². The van der Waals surface area contributed by atoms with Crippen molar-refractivity contribution in [2.45, 2.75) is 13.8 Å². The largest absolute Gasteiger partial charge is 0.493 e. The van der Waals surface area contributed by atoms with E-state index in [0.717, 1.165) is 5.56 Å². The second-order valence-corrected chi connectivity index (χ2v) is 6.56. The van der Waals surface area contributed by atoms with Crippen LogP contribution in [0.4, 0.5) is 11.5 Å². The Kier molecular flexibility index (Phi) is 6.94. The van der Waals surface area contributed by atoms with Gasteiger partial charge in [-0.25, -0.2) is 9.89 Å². The van der Waals surface area contributed by atoms with E-state index in [1.54, 1.807) is 25.1 Å². The minimum Gasteiger partial charge on any atom is -0.493 e. The average molecular weight is 422 g/mol. The molecule has 1 aromatic heterocycles. The molecule has 3 rings (SSSR count). The molecule has 0 aliphatic carbocycles. The number of aromatic amines is 1. The van der Waals surface area contributed by atoms with Gasteiger partial charge in [-0.3, -0.25) is 10.2 Å². The van der Waals surface area contributed by atoms with Crippen LogP contribution in [0.1, 0.15) is 16.8 Å². The molecular weight excluding hydrogens is 400 g/mol. The third-order valence-corrected chi connectivity index (χ3v) is 4.11. The number of ether oxygens (including phenoxy) is 2. The summed E-state index contributed by atoms with van der Waals surface area (Å²) in [5.41, 5.74) is 5.07. The Morgan fingerprint density at radius 2 is 2.03 bits per heavy atom. The number of rotatable bonds is 8. The minimum absolute atomic E-state index is 0.167. The van der Waals surface area contributed by atoms with Crippen LogP contribution < -0.4 is 25.9 Å². The van der Waals surface area contributed by atoms with E-state index in [1.807, 2.05) is 31.2 Å². The van der Waals surface area contributed by atoms with Crippen LogP contribution in [-0.2, 0) is 4.79 Å². The topological polar surface area (TPSA) is 131 Å². The van der Waals surface area contributed by atoms with Gasteiger partial charge < -0.3 is 14.8 Å². The molecule has 0 unspecified atom stereocenters. The zero-order valence-electron chi connectivity index (χ0n) is 17.3. The first-order chi connectivity index (χ1) is 14.9. The lowest BCUT2D eigenvalue weighted by Gasteiger charge is -2.11. The van der Waals surface area contributed by atoms with Crippen molar-refractivity contribution < 1.29 is 14.3 Å². The first-order valence-corrected chi connectivity index (χ1v) is 9.34. The van der Waals surface area contributed by atoms with Gasteiger partial charge in [0.05, 0.1) is 13.3 Å². The molecule has 160 valence electrons. The number of benzene rings is 2. The number of nitrogens with one attached hydrogen (secondary N) is 3. The average Bonchev–Trinajstić information content (AvgIpc) is 2.75. The number of hydrogen-bond donors (Lipinski definition) is 3. The molecular formula is C21H22N6O4. The Hall–Kier alpha value is -4.21. The van der Waals surface area contributed by atoms with Crippen molar-refractivity contribution >= 4 is 23.6 Å².